The molecule has 12 nitrogen and oxygen atoms in total. The van der Waals surface area contributed by atoms with Crippen molar-refractivity contribution in [1.29, 1.82) is 0 Å². The SMILES string of the molecule is CN(C)C(=O)C(=O)c1ccc(O)c2c1C[C@H]1C[C@H]3C(N(C)C)C(=O)C(C(N)=O)C(=O)[C@@]3(O)C(=O)C1C2=O. The molecule has 2 fully saturated rings. The molecular formula is C25H27N3O9. The Morgan fingerprint density at radius 2 is 1.65 bits per heavy atom. The maximum atomic E-state index is 13.7. The molecule has 0 radical (unpaired) electrons. The molecule has 4 N–H and O–H groups in total. The summed E-state index contributed by atoms with van der Waals surface area (Å²) >= 11 is 0. The molecule has 37 heavy (non-hydrogen) atoms. The van der Waals surface area contributed by atoms with E-state index in [9.17, 15) is 43.8 Å². The first kappa shape index (κ1) is 26.3. The molecule has 196 valence electrons. The molecular weight excluding hydrogens is 486 g/mol. The van der Waals surface area contributed by atoms with Crippen molar-refractivity contribution >= 4 is 40.7 Å². The van der Waals surface area contributed by atoms with Crippen LogP contribution in [0.4, 0.5) is 0 Å². The van der Waals surface area contributed by atoms with Crippen molar-refractivity contribution in [2.24, 2.45) is 29.4 Å². The molecule has 0 aliphatic heterocycles. The molecule has 3 aliphatic rings. The van der Waals surface area contributed by atoms with Gasteiger partial charge in [-0.2, -0.15) is 0 Å². The van der Waals surface area contributed by atoms with Gasteiger partial charge in [-0.05, 0) is 50.6 Å². The van der Waals surface area contributed by atoms with Gasteiger partial charge in [0.25, 0.3) is 11.7 Å². The minimum atomic E-state index is -2.83. The number of primary amides is 1. The number of Topliss-reactive ketones (excluding diaryl/α,β-unsaturated/α-hetero) is 5. The van der Waals surface area contributed by atoms with Gasteiger partial charge in [0.1, 0.15) is 5.75 Å². The summed E-state index contributed by atoms with van der Waals surface area (Å²) in [6.45, 7) is 0. The normalized spacial score (nSPS) is 30.9. The van der Waals surface area contributed by atoms with Gasteiger partial charge in [-0.1, -0.05) is 0 Å². The van der Waals surface area contributed by atoms with E-state index in [1.165, 1.54) is 39.2 Å². The third-order valence-electron chi connectivity index (χ3n) is 7.79. The van der Waals surface area contributed by atoms with Crippen molar-refractivity contribution < 1.29 is 43.8 Å². The number of aliphatic hydroxyl groups is 1. The second-order valence-corrected chi connectivity index (χ2v) is 10.3. The van der Waals surface area contributed by atoms with Crippen molar-refractivity contribution in [1.82, 2.24) is 9.80 Å². The van der Waals surface area contributed by atoms with E-state index in [0.717, 1.165) is 11.0 Å². The van der Waals surface area contributed by atoms with Crippen LogP contribution in [0.1, 0.15) is 32.7 Å². The van der Waals surface area contributed by atoms with Gasteiger partial charge in [0, 0.05) is 25.6 Å². The summed E-state index contributed by atoms with van der Waals surface area (Å²) in [5, 5.41) is 22.0. The number of amides is 2. The first-order valence-electron chi connectivity index (χ1n) is 11.6. The maximum Gasteiger partial charge on any atom is 0.294 e. The molecule has 0 saturated heterocycles. The number of likely N-dealkylation sites (N-methyl/N-ethyl adjacent to an activating group) is 2. The number of carbonyl (C=O) groups excluding carboxylic acids is 7. The number of hydrogen-bond donors (Lipinski definition) is 3. The molecule has 0 heterocycles. The van der Waals surface area contributed by atoms with Gasteiger partial charge < -0.3 is 20.8 Å². The standard InChI is InChI=1S/C25H27N3O9/c1-27(2)17-12-8-9-7-11-10(18(30)24(36)28(3)4)5-6-13(29)15(11)19(31)14(9)21(33)25(12,37)22(34)16(20(17)32)23(26)35/h5-6,9,12,14,16-17,29,37H,7-8H2,1-4H3,(H2,26,35)/t9-,12-,14?,16?,17?,25-/m0/s1. The zero-order valence-electron chi connectivity index (χ0n) is 20.7. The van der Waals surface area contributed by atoms with E-state index in [1.54, 1.807) is 0 Å². The van der Waals surface area contributed by atoms with Gasteiger partial charge in [0.15, 0.2) is 34.7 Å². The van der Waals surface area contributed by atoms with Crippen LogP contribution in [0.5, 0.6) is 5.75 Å². The van der Waals surface area contributed by atoms with E-state index in [0.29, 0.717) is 0 Å². The van der Waals surface area contributed by atoms with E-state index >= 15 is 0 Å². The van der Waals surface area contributed by atoms with Gasteiger partial charge in [-0.15, -0.1) is 0 Å². The highest BCUT2D eigenvalue weighted by molar-refractivity contribution is 6.43. The third-order valence-corrected chi connectivity index (χ3v) is 7.79. The topological polar surface area (TPSA) is 192 Å². The van der Waals surface area contributed by atoms with Crippen LogP contribution in [0.15, 0.2) is 12.1 Å². The number of hydrogen-bond acceptors (Lipinski definition) is 10. The van der Waals surface area contributed by atoms with Crippen LogP contribution in [0.3, 0.4) is 0 Å². The van der Waals surface area contributed by atoms with Crippen LogP contribution in [0.25, 0.3) is 0 Å². The summed E-state index contributed by atoms with van der Waals surface area (Å²) in [7, 11) is 5.73. The fourth-order valence-corrected chi connectivity index (χ4v) is 6.14. The molecule has 6 atom stereocenters. The number of aromatic hydroxyl groups is 1. The lowest BCUT2D eigenvalue weighted by molar-refractivity contribution is -0.181. The summed E-state index contributed by atoms with van der Waals surface area (Å²) in [6.07, 6.45) is -0.267. The number of carbonyl (C=O) groups is 7. The molecule has 0 spiro atoms. The Morgan fingerprint density at radius 1 is 1.03 bits per heavy atom. The molecule has 1 aromatic rings. The number of fused-ring (bicyclic) bond motifs is 3. The number of phenols is 1. The molecule has 4 rings (SSSR count). The first-order valence-corrected chi connectivity index (χ1v) is 11.6. The first-order chi connectivity index (χ1) is 17.2. The van der Waals surface area contributed by atoms with E-state index in [4.69, 9.17) is 5.73 Å². The van der Waals surface area contributed by atoms with Gasteiger partial charge in [-0.3, -0.25) is 38.5 Å². The fourth-order valence-electron chi connectivity index (χ4n) is 6.14. The van der Waals surface area contributed by atoms with Crippen molar-refractivity contribution in [3.8, 4) is 5.75 Å². The van der Waals surface area contributed by atoms with E-state index < -0.39 is 81.8 Å². The Hall–Kier alpha value is -3.77. The highest BCUT2D eigenvalue weighted by Gasteiger charge is 2.69. The van der Waals surface area contributed by atoms with Crippen molar-refractivity contribution in [2.45, 2.75) is 24.5 Å². The Labute approximate surface area is 211 Å². The smallest absolute Gasteiger partial charge is 0.294 e. The predicted molar refractivity (Wildman–Crippen MR) is 124 cm³/mol. The molecule has 1 aromatic carbocycles. The Morgan fingerprint density at radius 3 is 2.19 bits per heavy atom. The predicted octanol–water partition coefficient (Wildman–Crippen LogP) is -1.86. The lowest BCUT2D eigenvalue weighted by Gasteiger charge is -2.52. The summed E-state index contributed by atoms with van der Waals surface area (Å²) in [4.78, 5) is 93.3. The van der Waals surface area contributed by atoms with Crippen molar-refractivity contribution in [2.75, 3.05) is 28.2 Å². The number of nitrogens with two attached hydrogens (primary N) is 1. The summed E-state index contributed by atoms with van der Waals surface area (Å²) in [5.74, 6) is -13.7. The number of nitrogens with zero attached hydrogens (tertiary/aromatic N) is 2. The summed E-state index contributed by atoms with van der Waals surface area (Å²) in [6, 6.07) is 1.05. The van der Waals surface area contributed by atoms with Crippen LogP contribution in [-0.2, 0) is 30.4 Å². The molecule has 3 unspecified atom stereocenters. The van der Waals surface area contributed by atoms with E-state index in [2.05, 4.69) is 0 Å². The molecule has 0 aromatic heterocycles. The molecule has 0 bridgehead atoms. The lowest BCUT2D eigenvalue weighted by atomic mass is 9.52. The largest absolute Gasteiger partial charge is 0.507 e. The van der Waals surface area contributed by atoms with E-state index in [-0.39, 0.29) is 29.5 Å². The maximum absolute atomic E-state index is 13.7. The number of benzene rings is 1. The zero-order chi connectivity index (χ0) is 27.7. The Balaban J connectivity index is 1.87. The van der Waals surface area contributed by atoms with Gasteiger partial charge in [-0.25, -0.2) is 0 Å². The second-order valence-electron chi connectivity index (χ2n) is 10.3. The lowest BCUT2D eigenvalue weighted by Crippen LogP contribution is -2.74. The quantitative estimate of drug-likeness (QED) is 0.233. The van der Waals surface area contributed by atoms with Crippen LogP contribution < -0.4 is 5.73 Å². The van der Waals surface area contributed by atoms with Gasteiger partial charge in [0.2, 0.25) is 5.91 Å². The number of phenolic OH excluding ortho intramolecular Hbond substituents is 1. The van der Waals surface area contributed by atoms with Crippen molar-refractivity contribution in [3.63, 3.8) is 0 Å². The van der Waals surface area contributed by atoms with E-state index in [1.807, 2.05) is 0 Å². The van der Waals surface area contributed by atoms with Crippen LogP contribution in [0, 0.1) is 23.7 Å². The number of rotatable bonds is 4. The molecule has 2 amide bonds. The highest BCUT2D eigenvalue weighted by atomic mass is 16.3. The number of ketones is 5. The molecule has 3 aliphatic carbocycles. The third kappa shape index (κ3) is 3.54. The van der Waals surface area contributed by atoms with Gasteiger partial charge >= 0.3 is 0 Å². The van der Waals surface area contributed by atoms with Crippen LogP contribution >= 0.6 is 0 Å². The van der Waals surface area contributed by atoms with Crippen LogP contribution in [-0.4, -0.2) is 101 Å². The Bertz CT molecular complexity index is 1300. The molecule has 2 saturated carbocycles. The average molecular weight is 514 g/mol. The Kier molecular flexibility index (Phi) is 6.16. The highest BCUT2D eigenvalue weighted by Crippen LogP contribution is 2.51. The summed E-state index contributed by atoms with van der Waals surface area (Å²) < 4.78 is 0. The molecule has 12 heteroatoms. The summed E-state index contributed by atoms with van der Waals surface area (Å²) in [5.41, 5.74) is 2.08. The average Bonchev–Trinajstić information content (AvgIpc) is 2.80. The zero-order valence-corrected chi connectivity index (χ0v) is 20.7. The van der Waals surface area contributed by atoms with Gasteiger partial charge in [0.05, 0.1) is 17.5 Å². The minimum absolute atomic E-state index is 0.0783. The second kappa shape index (κ2) is 8.67. The minimum Gasteiger partial charge on any atom is -0.507 e. The fraction of sp³-hybridized carbons (Fsp3) is 0.480. The van der Waals surface area contributed by atoms with Crippen LogP contribution in [0.2, 0.25) is 0 Å². The monoisotopic (exact) mass is 513 g/mol. The van der Waals surface area contributed by atoms with Crippen molar-refractivity contribution in [3.05, 3.63) is 28.8 Å².